The number of methoxy groups -OCH3 is 1. The molecule has 0 aliphatic rings. The molecule has 144 valence electrons. The summed E-state index contributed by atoms with van der Waals surface area (Å²) in [6.07, 6.45) is 0.352. The molecular formula is C19H16ClN3O5. The summed E-state index contributed by atoms with van der Waals surface area (Å²) < 4.78 is 11.2. The van der Waals surface area contributed by atoms with Gasteiger partial charge in [-0.15, -0.1) is 0 Å². The van der Waals surface area contributed by atoms with Crippen LogP contribution in [0.4, 0.5) is 10.5 Å². The summed E-state index contributed by atoms with van der Waals surface area (Å²) in [4.78, 5) is 27.2. The highest BCUT2D eigenvalue weighted by Gasteiger charge is 2.16. The second-order valence-corrected chi connectivity index (χ2v) is 6.04. The molecular weight excluding hydrogens is 386 g/mol. The molecule has 3 aromatic rings. The molecule has 0 unspecified atom stereocenters. The van der Waals surface area contributed by atoms with Crippen molar-refractivity contribution in [2.75, 3.05) is 19.5 Å². The number of nitrogens with zero attached hydrogens (tertiary/aromatic N) is 1. The second kappa shape index (κ2) is 8.01. The Morgan fingerprint density at radius 2 is 1.93 bits per heavy atom. The maximum absolute atomic E-state index is 12.2. The van der Waals surface area contributed by atoms with E-state index in [2.05, 4.69) is 15.6 Å². The standard InChI is InChI=1S/C19H16ClN3O5/c1-21-18(24)12-8-11-15(9-17(12)27-2)22-6-5-16(11)28-10-3-4-14(13(20)7-10)23-19(25)26/h3-9,23H,1-2H3,(H,21,24)(H,25,26). The molecule has 1 aromatic heterocycles. The van der Waals surface area contributed by atoms with E-state index in [9.17, 15) is 9.59 Å². The lowest BCUT2D eigenvalue weighted by Crippen LogP contribution is -2.18. The number of anilines is 1. The van der Waals surface area contributed by atoms with Crippen LogP contribution in [0.1, 0.15) is 10.4 Å². The molecule has 3 rings (SSSR count). The number of pyridine rings is 1. The Bertz CT molecular complexity index is 1070. The third-order valence-corrected chi connectivity index (χ3v) is 4.22. The fraction of sp³-hybridized carbons (Fsp3) is 0.105. The Morgan fingerprint density at radius 1 is 1.14 bits per heavy atom. The minimum Gasteiger partial charge on any atom is -0.496 e. The number of carboxylic acid groups (broad SMARTS) is 1. The number of fused-ring (bicyclic) bond motifs is 1. The number of hydrogen-bond donors (Lipinski definition) is 3. The van der Waals surface area contributed by atoms with Crippen LogP contribution < -0.4 is 20.1 Å². The minimum atomic E-state index is -1.22. The number of nitrogens with one attached hydrogen (secondary N) is 2. The fourth-order valence-electron chi connectivity index (χ4n) is 2.62. The lowest BCUT2D eigenvalue weighted by atomic mass is 10.1. The average Bonchev–Trinajstić information content (AvgIpc) is 2.68. The number of benzene rings is 2. The highest BCUT2D eigenvalue weighted by Crippen LogP contribution is 2.35. The average molecular weight is 402 g/mol. The van der Waals surface area contributed by atoms with Crippen LogP contribution in [0.5, 0.6) is 17.2 Å². The second-order valence-electron chi connectivity index (χ2n) is 5.63. The van der Waals surface area contributed by atoms with E-state index in [1.807, 2.05) is 0 Å². The van der Waals surface area contributed by atoms with Crippen molar-refractivity contribution in [3.05, 3.63) is 53.2 Å². The monoisotopic (exact) mass is 401 g/mol. The van der Waals surface area contributed by atoms with Gasteiger partial charge in [-0.2, -0.15) is 0 Å². The smallest absolute Gasteiger partial charge is 0.409 e. The molecule has 2 amide bonds. The highest BCUT2D eigenvalue weighted by molar-refractivity contribution is 6.33. The Labute approximate surface area is 165 Å². The zero-order chi connectivity index (χ0) is 20.3. The molecule has 0 spiro atoms. The molecule has 0 aliphatic heterocycles. The number of ether oxygens (including phenoxy) is 2. The van der Waals surface area contributed by atoms with Gasteiger partial charge in [0.1, 0.15) is 17.2 Å². The highest BCUT2D eigenvalue weighted by atomic mass is 35.5. The molecule has 0 saturated carbocycles. The van der Waals surface area contributed by atoms with Crippen LogP contribution in [-0.4, -0.2) is 36.2 Å². The van der Waals surface area contributed by atoms with Gasteiger partial charge in [-0.25, -0.2) is 4.79 Å². The molecule has 28 heavy (non-hydrogen) atoms. The minimum absolute atomic E-state index is 0.186. The number of carbonyl (C=O) groups excluding carboxylic acids is 1. The lowest BCUT2D eigenvalue weighted by molar-refractivity contribution is 0.0960. The summed E-state index contributed by atoms with van der Waals surface area (Å²) >= 11 is 6.10. The normalized spacial score (nSPS) is 10.4. The van der Waals surface area contributed by atoms with Crippen molar-refractivity contribution in [1.29, 1.82) is 0 Å². The molecule has 8 nitrogen and oxygen atoms in total. The third-order valence-electron chi connectivity index (χ3n) is 3.90. The van der Waals surface area contributed by atoms with E-state index in [1.165, 1.54) is 26.3 Å². The molecule has 0 aliphatic carbocycles. The summed E-state index contributed by atoms with van der Waals surface area (Å²) in [7, 11) is 3.00. The lowest BCUT2D eigenvalue weighted by Gasteiger charge is -2.13. The topological polar surface area (TPSA) is 110 Å². The maximum atomic E-state index is 12.2. The summed E-state index contributed by atoms with van der Waals surface area (Å²) in [5.74, 6) is 0.933. The molecule has 0 fully saturated rings. The molecule has 0 radical (unpaired) electrons. The first kappa shape index (κ1) is 19.2. The van der Waals surface area contributed by atoms with E-state index in [1.54, 1.807) is 30.5 Å². The Hall–Kier alpha value is -3.52. The number of halogens is 1. The van der Waals surface area contributed by atoms with Crippen molar-refractivity contribution in [3.63, 3.8) is 0 Å². The van der Waals surface area contributed by atoms with Gasteiger partial charge in [-0.05, 0) is 24.3 Å². The summed E-state index contributed by atoms with van der Waals surface area (Å²) in [5, 5.41) is 14.3. The molecule has 3 N–H and O–H groups in total. The van der Waals surface area contributed by atoms with Gasteiger partial charge in [0.2, 0.25) is 0 Å². The maximum Gasteiger partial charge on any atom is 0.409 e. The van der Waals surface area contributed by atoms with Gasteiger partial charge in [0.05, 0.1) is 28.9 Å². The first-order valence-electron chi connectivity index (χ1n) is 8.09. The number of hydrogen-bond acceptors (Lipinski definition) is 5. The quantitative estimate of drug-likeness (QED) is 0.592. The first-order valence-corrected chi connectivity index (χ1v) is 8.47. The van der Waals surface area contributed by atoms with Gasteiger partial charge in [-0.1, -0.05) is 11.6 Å². The molecule has 0 bridgehead atoms. The Balaban J connectivity index is 2.02. The van der Waals surface area contributed by atoms with Crippen LogP contribution >= 0.6 is 11.6 Å². The van der Waals surface area contributed by atoms with Gasteiger partial charge in [-0.3, -0.25) is 15.1 Å². The van der Waals surface area contributed by atoms with E-state index in [4.69, 9.17) is 26.2 Å². The van der Waals surface area contributed by atoms with Crippen molar-refractivity contribution in [3.8, 4) is 17.2 Å². The van der Waals surface area contributed by atoms with Gasteiger partial charge >= 0.3 is 6.09 Å². The predicted molar refractivity (Wildman–Crippen MR) is 105 cm³/mol. The summed E-state index contributed by atoms with van der Waals surface area (Å²) in [6.45, 7) is 0. The van der Waals surface area contributed by atoms with Crippen molar-refractivity contribution in [1.82, 2.24) is 10.3 Å². The molecule has 9 heteroatoms. The van der Waals surface area contributed by atoms with Crippen LogP contribution in [-0.2, 0) is 0 Å². The Kier molecular flexibility index (Phi) is 5.51. The molecule has 2 aromatic carbocycles. The molecule has 0 atom stereocenters. The zero-order valence-corrected chi connectivity index (χ0v) is 15.7. The van der Waals surface area contributed by atoms with E-state index in [-0.39, 0.29) is 16.6 Å². The van der Waals surface area contributed by atoms with E-state index < -0.39 is 6.09 Å². The number of aromatic nitrogens is 1. The van der Waals surface area contributed by atoms with Crippen LogP contribution in [0.2, 0.25) is 5.02 Å². The van der Waals surface area contributed by atoms with Crippen molar-refractivity contribution < 1.29 is 24.2 Å². The Morgan fingerprint density at radius 3 is 2.57 bits per heavy atom. The van der Waals surface area contributed by atoms with Gasteiger partial charge in [0.15, 0.2) is 0 Å². The van der Waals surface area contributed by atoms with Crippen molar-refractivity contribution in [2.24, 2.45) is 0 Å². The number of carbonyl (C=O) groups is 2. The summed E-state index contributed by atoms with van der Waals surface area (Å²) in [6, 6.07) is 9.50. The SMILES string of the molecule is CNC(=O)c1cc2c(Oc3ccc(NC(=O)O)c(Cl)c3)ccnc2cc1OC. The molecule has 1 heterocycles. The van der Waals surface area contributed by atoms with Crippen molar-refractivity contribution >= 4 is 40.2 Å². The van der Waals surface area contributed by atoms with Crippen molar-refractivity contribution in [2.45, 2.75) is 0 Å². The fourth-order valence-corrected chi connectivity index (χ4v) is 2.84. The predicted octanol–water partition coefficient (Wildman–Crippen LogP) is 4.14. The van der Waals surface area contributed by atoms with E-state index >= 15 is 0 Å². The first-order chi connectivity index (χ1) is 13.4. The number of rotatable bonds is 5. The van der Waals surface area contributed by atoms with E-state index in [0.717, 1.165) is 0 Å². The van der Waals surface area contributed by atoms with Gasteiger partial charge < -0.3 is 19.9 Å². The number of amides is 2. The van der Waals surface area contributed by atoms with E-state index in [0.29, 0.717) is 33.7 Å². The molecule has 0 saturated heterocycles. The van der Waals surface area contributed by atoms with Crippen LogP contribution in [0, 0.1) is 0 Å². The summed E-state index contributed by atoms with van der Waals surface area (Å²) in [5.41, 5.74) is 1.17. The van der Waals surface area contributed by atoms with Crippen LogP contribution in [0.25, 0.3) is 10.9 Å². The van der Waals surface area contributed by atoms with Crippen LogP contribution in [0.3, 0.4) is 0 Å². The zero-order valence-electron chi connectivity index (χ0n) is 14.9. The van der Waals surface area contributed by atoms with Gasteiger partial charge in [0.25, 0.3) is 5.91 Å². The largest absolute Gasteiger partial charge is 0.496 e. The van der Waals surface area contributed by atoms with Gasteiger partial charge in [0, 0.05) is 30.8 Å². The third kappa shape index (κ3) is 3.91. The van der Waals surface area contributed by atoms with Crippen LogP contribution in [0.15, 0.2) is 42.6 Å².